The molecule has 0 bridgehead atoms. The molecule has 0 aromatic heterocycles. The fourth-order valence-corrected chi connectivity index (χ4v) is 1.54. The molecule has 0 aliphatic heterocycles. The molecular weight excluding hydrogens is 118 g/mol. The summed E-state index contributed by atoms with van der Waals surface area (Å²) in [5.74, 6) is 0. The van der Waals surface area contributed by atoms with Gasteiger partial charge in [0.15, 0.2) is 0 Å². The minimum Gasteiger partial charge on any atom is -0.330 e. The Kier molecular flexibility index (Phi) is 3.73. The molecule has 1 atom stereocenters. The Bertz CT molecular complexity index is 84.5. The van der Waals surface area contributed by atoms with Crippen LogP contribution in [0.5, 0.6) is 0 Å². The van der Waals surface area contributed by atoms with Crippen molar-refractivity contribution in [2.24, 2.45) is 5.73 Å². The first-order valence-electron chi connectivity index (χ1n) is 2.91. The van der Waals surface area contributed by atoms with Gasteiger partial charge in [-0.1, -0.05) is 6.92 Å². The molecule has 0 aliphatic carbocycles. The number of carbonyl (C=O) groups excluding carboxylic acids is 1. The molecular formula is C5H13NOSi. The molecule has 0 amide bonds. The maximum Gasteiger partial charge on any atom is 0.119 e. The molecule has 2 N–H and O–H groups in total. The summed E-state index contributed by atoms with van der Waals surface area (Å²) in [6, 6.07) is 0. The summed E-state index contributed by atoms with van der Waals surface area (Å²) >= 11 is 0. The van der Waals surface area contributed by atoms with Gasteiger partial charge >= 0.3 is 0 Å². The normalized spacial score (nSPS) is 14.9. The molecule has 0 spiro atoms. The maximum absolute atomic E-state index is 10.4. The SMILES string of the molecule is CCC(N)[SiH2]C(C)=O. The summed E-state index contributed by atoms with van der Waals surface area (Å²) in [6.45, 7) is 3.64. The van der Waals surface area contributed by atoms with Gasteiger partial charge in [0.2, 0.25) is 0 Å². The zero-order chi connectivity index (χ0) is 6.57. The van der Waals surface area contributed by atoms with Crippen molar-refractivity contribution in [1.82, 2.24) is 0 Å². The summed E-state index contributed by atoms with van der Waals surface area (Å²) in [7, 11) is -0.591. The van der Waals surface area contributed by atoms with E-state index in [2.05, 4.69) is 0 Å². The number of nitrogens with two attached hydrogens (primary N) is 1. The zero-order valence-corrected chi connectivity index (χ0v) is 6.89. The van der Waals surface area contributed by atoms with Gasteiger partial charge in [0, 0.05) is 0 Å². The Morgan fingerprint density at radius 2 is 2.38 bits per heavy atom. The first kappa shape index (κ1) is 7.85. The summed E-state index contributed by atoms with van der Waals surface area (Å²) in [5, 5.41) is 0.319. The molecule has 2 nitrogen and oxygen atoms in total. The molecule has 0 aromatic carbocycles. The lowest BCUT2D eigenvalue weighted by Gasteiger charge is -2.01. The van der Waals surface area contributed by atoms with Gasteiger partial charge in [-0.15, -0.1) is 0 Å². The number of carbonyl (C=O) groups is 1. The standard InChI is InChI=1S/C5H13NOSi/c1-3-5(6)8-4(2)7/h5H,3,6,8H2,1-2H3. The van der Waals surface area contributed by atoms with E-state index in [1.807, 2.05) is 6.92 Å². The monoisotopic (exact) mass is 131 g/mol. The summed E-state index contributed by atoms with van der Waals surface area (Å²) < 4.78 is 0. The quantitative estimate of drug-likeness (QED) is 0.520. The van der Waals surface area contributed by atoms with Crippen LogP contribution in [0.25, 0.3) is 0 Å². The number of rotatable bonds is 3. The van der Waals surface area contributed by atoms with E-state index >= 15 is 0 Å². The van der Waals surface area contributed by atoms with Gasteiger partial charge in [-0.2, -0.15) is 0 Å². The predicted octanol–water partition coefficient (Wildman–Crippen LogP) is -0.603. The molecule has 0 saturated carbocycles. The largest absolute Gasteiger partial charge is 0.330 e. The van der Waals surface area contributed by atoms with Crippen molar-refractivity contribution in [3.8, 4) is 0 Å². The lowest BCUT2D eigenvalue weighted by Crippen LogP contribution is -2.30. The second-order valence-corrected chi connectivity index (χ2v) is 4.53. The van der Waals surface area contributed by atoms with Crippen molar-refractivity contribution in [1.29, 1.82) is 0 Å². The van der Waals surface area contributed by atoms with Crippen LogP contribution in [0.3, 0.4) is 0 Å². The Morgan fingerprint density at radius 1 is 1.88 bits per heavy atom. The molecule has 0 radical (unpaired) electrons. The van der Waals surface area contributed by atoms with Crippen molar-refractivity contribution in [3.63, 3.8) is 0 Å². The molecule has 0 fully saturated rings. The average molecular weight is 131 g/mol. The van der Waals surface area contributed by atoms with Crippen molar-refractivity contribution in [2.45, 2.75) is 25.9 Å². The van der Waals surface area contributed by atoms with Gasteiger partial charge in [-0.05, 0) is 19.0 Å². The van der Waals surface area contributed by atoms with Gasteiger partial charge in [0.25, 0.3) is 0 Å². The Hall–Kier alpha value is -0.153. The van der Waals surface area contributed by atoms with Crippen LogP contribution >= 0.6 is 0 Å². The van der Waals surface area contributed by atoms with Crippen LogP contribution in [0.15, 0.2) is 0 Å². The molecule has 48 valence electrons. The highest BCUT2D eigenvalue weighted by atomic mass is 28.2. The van der Waals surface area contributed by atoms with E-state index in [4.69, 9.17) is 5.73 Å². The molecule has 1 unspecified atom stereocenters. The fraction of sp³-hybridized carbons (Fsp3) is 0.800. The van der Waals surface area contributed by atoms with Gasteiger partial charge in [0.1, 0.15) is 14.9 Å². The minimum atomic E-state index is -0.591. The third kappa shape index (κ3) is 4.02. The lowest BCUT2D eigenvalue weighted by atomic mass is 10.5. The summed E-state index contributed by atoms with van der Waals surface area (Å²) in [5.41, 5.74) is 5.73. The van der Waals surface area contributed by atoms with Crippen LogP contribution in [0, 0.1) is 0 Å². The third-order valence-corrected chi connectivity index (χ3v) is 2.75. The van der Waals surface area contributed by atoms with E-state index in [1.54, 1.807) is 6.92 Å². The molecule has 3 heteroatoms. The van der Waals surface area contributed by atoms with E-state index in [1.165, 1.54) is 0 Å². The first-order chi connectivity index (χ1) is 3.66. The third-order valence-electron chi connectivity index (χ3n) is 1.07. The molecule has 8 heavy (non-hydrogen) atoms. The van der Waals surface area contributed by atoms with Crippen LogP contribution in [0.4, 0.5) is 0 Å². The topological polar surface area (TPSA) is 43.1 Å². The van der Waals surface area contributed by atoms with Crippen LogP contribution in [0.2, 0.25) is 0 Å². The second-order valence-electron chi connectivity index (χ2n) is 2.07. The molecule has 0 rings (SSSR count). The Balaban J connectivity index is 3.24. The van der Waals surface area contributed by atoms with Gasteiger partial charge in [0.05, 0.1) is 0 Å². The van der Waals surface area contributed by atoms with Crippen molar-refractivity contribution in [2.75, 3.05) is 0 Å². The molecule has 0 aliphatic rings. The number of hydrogen-bond donors (Lipinski definition) is 1. The zero-order valence-electron chi connectivity index (χ0n) is 5.48. The molecule has 0 aromatic rings. The van der Waals surface area contributed by atoms with E-state index in [-0.39, 0.29) is 5.67 Å². The second kappa shape index (κ2) is 3.80. The first-order valence-corrected chi connectivity index (χ1v) is 4.44. The Labute approximate surface area is 52.3 Å². The number of hydrogen-bond acceptors (Lipinski definition) is 2. The fourth-order valence-electron chi connectivity index (χ4n) is 0.514. The van der Waals surface area contributed by atoms with E-state index in [0.29, 0.717) is 5.41 Å². The molecule has 0 heterocycles. The predicted molar refractivity (Wildman–Crippen MR) is 37.5 cm³/mol. The smallest absolute Gasteiger partial charge is 0.119 e. The lowest BCUT2D eigenvalue weighted by molar-refractivity contribution is -0.110. The van der Waals surface area contributed by atoms with E-state index in [9.17, 15) is 4.79 Å². The van der Waals surface area contributed by atoms with Crippen molar-refractivity contribution in [3.05, 3.63) is 0 Å². The van der Waals surface area contributed by atoms with Crippen LogP contribution in [0.1, 0.15) is 20.3 Å². The van der Waals surface area contributed by atoms with Crippen molar-refractivity contribution < 1.29 is 4.79 Å². The highest BCUT2D eigenvalue weighted by Gasteiger charge is 2.01. The summed E-state index contributed by atoms with van der Waals surface area (Å²) in [6.07, 6.45) is 0.950. The van der Waals surface area contributed by atoms with Crippen LogP contribution < -0.4 is 5.73 Å². The Morgan fingerprint density at radius 3 is 2.50 bits per heavy atom. The molecule has 0 saturated heterocycles. The van der Waals surface area contributed by atoms with Gasteiger partial charge in [-0.25, -0.2) is 0 Å². The van der Waals surface area contributed by atoms with Crippen LogP contribution in [-0.4, -0.2) is 20.6 Å². The maximum atomic E-state index is 10.4. The van der Waals surface area contributed by atoms with Crippen molar-refractivity contribution >= 4 is 14.9 Å². The highest BCUT2D eigenvalue weighted by Crippen LogP contribution is 1.81. The van der Waals surface area contributed by atoms with E-state index < -0.39 is 9.52 Å². The highest BCUT2D eigenvalue weighted by molar-refractivity contribution is 6.74. The minimum absolute atomic E-state index is 0.215. The van der Waals surface area contributed by atoms with Crippen LogP contribution in [-0.2, 0) is 4.79 Å². The van der Waals surface area contributed by atoms with Gasteiger partial charge in [-0.3, -0.25) is 0 Å². The average Bonchev–Trinajstić information content (AvgIpc) is 1.65. The van der Waals surface area contributed by atoms with E-state index in [0.717, 1.165) is 6.42 Å². The van der Waals surface area contributed by atoms with Gasteiger partial charge < -0.3 is 10.5 Å². The summed E-state index contributed by atoms with van der Waals surface area (Å²) in [4.78, 5) is 10.4.